The van der Waals surface area contributed by atoms with Crippen LogP contribution in [0.1, 0.15) is 47.5 Å². The minimum absolute atomic E-state index is 0.204. The molecule has 0 saturated carbocycles. The van der Waals surface area contributed by atoms with Crippen molar-refractivity contribution in [2.45, 2.75) is 47.5 Å². The van der Waals surface area contributed by atoms with Crippen LogP contribution >= 0.6 is 0 Å². The van der Waals surface area contributed by atoms with Gasteiger partial charge in [-0.2, -0.15) is 0 Å². The van der Waals surface area contributed by atoms with Gasteiger partial charge in [0.15, 0.2) is 40.4 Å². The summed E-state index contributed by atoms with van der Waals surface area (Å²) in [7, 11) is 9.34. The van der Waals surface area contributed by atoms with Crippen molar-refractivity contribution >= 4 is 35.2 Å². The summed E-state index contributed by atoms with van der Waals surface area (Å²) in [5.74, 6) is 1.53. The lowest BCUT2D eigenvalue weighted by Gasteiger charge is -2.18. The minimum Gasteiger partial charge on any atom is -0.497 e. The molecule has 0 spiro atoms. The third-order valence-electron chi connectivity index (χ3n) is 8.70. The van der Waals surface area contributed by atoms with Gasteiger partial charge in [0.2, 0.25) is 5.91 Å². The Kier molecular flexibility index (Phi) is 22.9. The molecular formula is C46H60N2O15. The molecule has 1 amide bonds. The smallest absolute Gasteiger partial charge is 0.320 e. The Balaban J connectivity index is 0.000000356. The lowest BCUT2D eigenvalue weighted by Crippen LogP contribution is -2.30. The van der Waals surface area contributed by atoms with Crippen LogP contribution in [0.25, 0.3) is 0 Å². The number of benzene rings is 4. The van der Waals surface area contributed by atoms with Crippen molar-refractivity contribution in [3.63, 3.8) is 0 Å². The lowest BCUT2D eigenvalue weighted by atomic mass is 10.1. The Morgan fingerprint density at radius 2 is 0.857 bits per heavy atom. The number of nitrogen functional groups attached to an aromatic ring is 1. The van der Waals surface area contributed by atoms with E-state index < -0.39 is 35.7 Å². The van der Waals surface area contributed by atoms with E-state index in [1.807, 2.05) is 0 Å². The summed E-state index contributed by atoms with van der Waals surface area (Å²) in [6.07, 6.45) is 0.721. The molecule has 344 valence electrons. The molecule has 0 aliphatic heterocycles. The van der Waals surface area contributed by atoms with Crippen LogP contribution in [-0.2, 0) is 33.4 Å². The Labute approximate surface area is 368 Å². The Morgan fingerprint density at radius 3 is 1.32 bits per heavy atom. The number of nitrogens with two attached hydrogens (primary N) is 1. The zero-order valence-corrected chi connectivity index (χ0v) is 37.8. The normalized spacial score (nSPS) is 10.5. The van der Waals surface area contributed by atoms with E-state index in [1.54, 1.807) is 136 Å². The maximum Gasteiger partial charge on any atom is 0.320 e. The molecule has 0 bridgehead atoms. The topological polar surface area (TPSA) is 208 Å². The van der Waals surface area contributed by atoms with Crippen LogP contribution in [0.15, 0.2) is 72.8 Å². The fourth-order valence-corrected chi connectivity index (χ4v) is 5.34. The molecule has 17 nitrogen and oxygen atoms in total. The molecule has 4 aromatic carbocycles. The second-order valence-corrected chi connectivity index (χ2v) is 12.7. The highest BCUT2D eigenvalue weighted by Gasteiger charge is 2.28. The fourth-order valence-electron chi connectivity index (χ4n) is 5.34. The molecule has 4 aromatic rings. The van der Waals surface area contributed by atoms with Gasteiger partial charge in [0.1, 0.15) is 28.9 Å². The minimum atomic E-state index is -0.925. The molecule has 17 heteroatoms. The van der Waals surface area contributed by atoms with Crippen LogP contribution < -0.4 is 48.9 Å². The number of carbonyl (C=O) groups is 4. The van der Waals surface area contributed by atoms with E-state index in [9.17, 15) is 19.2 Å². The van der Waals surface area contributed by atoms with E-state index in [4.69, 9.17) is 57.8 Å². The molecular weight excluding hydrogens is 821 g/mol. The molecule has 0 radical (unpaired) electrons. The number of anilines is 2. The predicted octanol–water partition coefficient (Wildman–Crippen LogP) is 8.26. The first-order valence-corrected chi connectivity index (χ1v) is 20.0. The van der Waals surface area contributed by atoms with Gasteiger partial charge < -0.3 is 63.2 Å². The van der Waals surface area contributed by atoms with Gasteiger partial charge in [-0.25, -0.2) is 0 Å². The molecule has 63 heavy (non-hydrogen) atoms. The van der Waals surface area contributed by atoms with Crippen molar-refractivity contribution in [1.82, 2.24) is 0 Å². The molecule has 0 saturated heterocycles. The number of hydrogen-bond donors (Lipinski definition) is 2. The highest BCUT2D eigenvalue weighted by Crippen LogP contribution is 2.40. The second kappa shape index (κ2) is 27.7. The SMILES string of the molecule is CCOC(=O)C(CC)C(=O)Nc1ccc(OC)cc1Oc1cc(OC)ccc1OC.CCOC(=O)C(CC)C(=O)OCC.COc1ccc(N)c(Oc2ccc(OC)cc2OC)c1. The lowest BCUT2D eigenvalue weighted by molar-refractivity contribution is -0.161. The summed E-state index contributed by atoms with van der Waals surface area (Å²) in [5.41, 5.74) is 6.78. The summed E-state index contributed by atoms with van der Waals surface area (Å²) in [6, 6.07) is 20.6. The molecule has 0 aromatic heterocycles. The molecule has 0 fully saturated rings. The molecule has 3 N–H and O–H groups in total. The van der Waals surface area contributed by atoms with E-state index in [1.165, 1.54) is 14.2 Å². The highest BCUT2D eigenvalue weighted by atomic mass is 16.6. The first-order valence-electron chi connectivity index (χ1n) is 20.0. The van der Waals surface area contributed by atoms with Crippen molar-refractivity contribution in [3.8, 4) is 57.5 Å². The van der Waals surface area contributed by atoms with Crippen LogP contribution in [0.3, 0.4) is 0 Å². The number of esters is 3. The molecule has 0 heterocycles. The molecule has 1 atom stereocenters. The molecule has 1 unspecified atom stereocenters. The number of ether oxygens (including phenoxy) is 11. The van der Waals surface area contributed by atoms with Gasteiger partial charge in [-0.05, 0) is 82.1 Å². The molecule has 4 rings (SSSR count). The van der Waals surface area contributed by atoms with Crippen molar-refractivity contribution in [1.29, 1.82) is 0 Å². The van der Waals surface area contributed by atoms with Crippen molar-refractivity contribution in [3.05, 3.63) is 72.8 Å². The standard InChI is InChI=1S/C22H27NO7.C15H17NO4.C9H16O4/c1-6-16(22(25)29-7-2)21(24)23-17-10-8-14(26-3)12-19(17)30-20-13-15(27-4)9-11-18(20)28-5;1-17-10-4-6-12(16)14(8-10)20-13-7-5-11(18-2)9-15(13)19-3;1-4-7(8(10)12-5-2)9(11)13-6-3/h8-13,16H,6-7H2,1-5H3,(H,23,24);4-9H,16H2,1-3H3;7H,4-6H2,1-3H3. The van der Waals surface area contributed by atoms with Crippen LogP contribution in [0.4, 0.5) is 11.4 Å². The maximum absolute atomic E-state index is 12.7. The summed E-state index contributed by atoms with van der Waals surface area (Å²) >= 11 is 0. The van der Waals surface area contributed by atoms with Crippen LogP contribution in [0.2, 0.25) is 0 Å². The number of amides is 1. The molecule has 0 aliphatic rings. The van der Waals surface area contributed by atoms with E-state index in [0.29, 0.717) is 81.7 Å². The third-order valence-corrected chi connectivity index (χ3v) is 8.70. The van der Waals surface area contributed by atoms with Gasteiger partial charge in [0.25, 0.3) is 0 Å². The van der Waals surface area contributed by atoms with Gasteiger partial charge in [-0.3, -0.25) is 19.2 Å². The van der Waals surface area contributed by atoms with Crippen molar-refractivity contribution in [2.24, 2.45) is 11.8 Å². The first kappa shape index (κ1) is 52.1. The number of hydrogen-bond acceptors (Lipinski definition) is 16. The first-order chi connectivity index (χ1) is 30.3. The quantitative estimate of drug-likeness (QED) is 0.0371. The van der Waals surface area contributed by atoms with Crippen LogP contribution in [0.5, 0.6) is 57.5 Å². The van der Waals surface area contributed by atoms with E-state index in [-0.39, 0.29) is 19.8 Å². The summed E-state index contributed by atoms with van der Waals surface area (Å²) < 4.78 is 57.7. The number of methoxy groups -OCH3 is 6. The fraction of sp³-hybridized carbons (Fsp3) is 0.391. The van der Waals surface area contributed by atoms with Crippen LogP contribution in [-0.4, -0.2) is 86.3 Å². The number of carbonyl (C=O) groups excluding carboxylic acids is 4. The van der Waals surface area contributed by atoms with E-state index in [0.717, 1.165) is 0 Å². The Hall–Kier alpha value is -7.04. The summed E-state index contributed by atoms with van der Waals surface area (Å²) in [4.78, 5) is 47.1. The average molecular weight is 881 g/mol. The second-order valence-electron chi connectivity index (χ2n) is 12.7. The van der Waals surface area contributed by atoms with Gasteiger partial charge in [-0.15, -0.1) is 0 Å². The largest absolute Gasteiger partial charge is 0.497 e. The average Bonchev–Trinajstić information content (AvgIpc) is 3.29. The number of nitrogens with one attached hydrogen (secondary N) is 1. The van der Waals surface area contributed by atoms with Gasteiger partial charge in [-0.1, -0.05) is 13.8 Å². The van der Waals surface area contributed by atoms with Gasteiger partial charge >= 0.3 is 17.9 Å². The van der Waals surface area contributed by atoms with Gasteiger partial charge in [0.05, 0.1) is 73.9 Å². The van der Waals surface area contributed by atoms with Crippen LogP contribution in [0, 0.1) is 11.8 Å². The zero-order valence-electron chi connectivity index (χ0n) is 37.8. The Bertz CT molecular complexity index is 2060. The zero-order chi connectivity index (χ0) is 46.9. The summed E-state index contributed by atoms with van der Waals surface area (Å²) in [6.45, 7) is 9.37. The highest BCUT2D eigenvalue weighted by molar-refractivity contribution is 6.05. The van der Waals surface area contributed by atoms with E-state index in [2.05, 4.69) is 5.32 Å². The van der Waals surface area contributed by atoms with Crippen molar-refractivity contribution in [2.75, 3.05) is 73.5 Å². The number of rotatable bonds is 20. The van der Waals surface area contributed by atoms with Crippen molar-refractivity contribution < 1.29 is 71.3 Å². The Morgan fingerprint density at radius 1 is 0.460 bits per heavy atom. The third kappa shape index (κ3) is 16.1. The van der Waals surface area contributed by atoms with E-state index >= 15 is 0 Å². The molecule has 0 aliphatic carbocycles. The summed E-state index contributed by atoms with van der Waals surface area (Å²) in [5, 5.41) is 2.75. The maximum atomic E-state index is 12.7. The predicted molar refractivity (Wildman–Crippen MR) is 236 cm³/mol. The monoisotopic (exact) mass is 880 g/mol. The van der Waals surface area contributed by atoms with Gasteiger partial charge in [0, 0.05) is 24.3 Å².